The maximum atomic E-state index is 6.11. The van der Waals surface area contributed by atoms with Gasteiger partial charge in [-0.1, -0.05) is 35.9 Å². The molecule has 0 bridgehead atoms. The minimum atomic E-state index is 0.142. The molecule has 0 saturated carbocycles. The lowest BCUT2D eigenvalue weighted by Gasteiger charge is -2.32. The second-order valence-electron chi connectivity index (χ2n) is 7.18. The highest BCUT2D eigenvalue weighted by Gasteiger charge is 2.27. The van der Waals surface area contributed by atoms with E-state index in [0.717, 1.165) is 43.3 Å². The zero-order valence-corrected chi connectivity index (χ0v) is 16.5. The van der Waals surface area contributed by atoms with Crippen LogP contribution in [-0.4, -0.2) is 31.1 Å². The van der Waals surface area contributed by atoms with E-state index in [4.69, 9.17) is 4.74 Å². The fourth-order valence-electron chi connectivity index (χ4n) is 3.50. The summed E-state index contributed by atoms with van der Waals surface area (Å²) < 4.78 is 6.11. The van der Waals surface area contributed by atoms with E-state index < -0.39 is 0 Å². The first-order valence-electron chi connectivity index (χ1n) is 9.71. The number of guanidine groups is 1. The summed E-state index contributed by atoms with van der Waals surface area (Å²) in [6.07, 6.45) is 2.40. The van der Waals surface area contributed by atoms with Crippen LogP contribution >= 0.6 is 0 Å². The number of ether oxygens (including phenoxy) is 1. The van der Waals surface area contributed by atoms with Crippen molar-refractivity contribution < 1.29 is 4.74 Å². The van der Waals surface area contributed by atoms with Gasteiger partial charge in [0.2, 0.25) is 0 Å². The van der Waals surface area contributed by atoms with Crippen LogP contribution in [0.2, 0.25) is 0 Å². The molecule has 5 heteroatoms. The van der Waals surface area contributed by atoms with E-state index in [0.29, 0.717) is 12.5 Å². The Bertz CT molecular complexity index is 757. The number of nitrogens with zero attached hydrogens (tertiary/aromatic N) is 2. The van der Waals surface area contributed by atoms with Gasteiger partial charge < -0.3 is 15.4 Å². The van der Waals surface area contributed by atoms with Gasteiger partial charge in [0, 0.05) is 31.8 Å². The van der Waals surface area contributed by atoms with Crippen molar-refractivity contribution in [3.63, 3.8) is 0 Å². The van der Waals surface area contributed by atoms with E-state index in [9.17, 15) is 0 Å². The number of aromatic nitrogens is 1. The molecule has 2 atom stereocenters. The maximum Gasteiger partial charge on any atom is 0.191 e. The third kappa shape index (κ3) is 5.54. The Labute approximate surface area is 162 Å². The minimum Gasteiger partial charge on any atom is -0.373 e. The van der Waals surface area contributed by atoms with Crippen LogP contribution in [0, 0.1) is 19.8 Å². The molecule has 27 heavy (non-hydrogen) atoms. The number of aryl methyl sites for hydroxylation is 2. The summed E-state index contributed by atoms with van der Waals surface area (Å²) in [4.78, 5) is 8.87. The maximum absolute atomic E-state index is 6.11. The van der Waals surface area contributed by atoms with Crippen LogP contribution in [0.5, 0.6) is 0 Å². The van der Waals surface area contributed by atoms with Crippen molar-refractivity contribution in [3.8, 4) is 0 Å². The Hall–Kier alpha value is -2.40. The normalized spacial score (nSPS) is 20.3. The summed E-state index contributed by atoms with van der Waals surface area (Å²) in [6.45, 7) is 6.44. The van der Waals surface area contributed by atoms with Gasteiger partial charge in [0.15, 0.2) is 5.96 Å². The van der Waals surface area contributed by atoms with Gasteiger partial charge >= 0.3 is 0 Å². The fraction of sp³-hybridized carbons (Fsp3) is 0.455. The standard InChI is InChI=1S/C22H30N4O/c1-16-9-11-18(12-10-16)21-19(7-5-13-27-21)14-24-22(23-3)25-15-20-8-4-6-17(2)26-20/h4,6,8-12,19,21H,5,7,13-15H2,1-3H3,(H2,23,24,25). The molecule has 0 radical (unpaired) electrons. The molecule has 1 saturated heterocycles. The zero-order chi connectivity index (χ0) is 19.1. The first kappa shape index (κ1) is 19.4. The fourth-order valence-corrected chi connectivity index (χ4v) is 3.50. The van der Waals surface area contributed by atoms with Crippen molar-refractivity contribution in [2.75, 3.05) is 20.2 Å². The average molecular weight is 367 g/mol. The summed E-state index contributed by atoms with van der Waals surface area (Å²) in [6, 6.07) is 14.8. The first-order chi connectivity index (χ1) is 13.2. The smallest absolute Gasteiger partial charge is 0.191 e. The van der Waals surface area contributed by atoms with Gasteiger partial charge in [-0.2, -0.15) is 0 Å². The topological polar surface area (TPSA) is 58.5 Å². The summed E-state index contributed by atoms with van der Waals surface area (Å²) in [5.41, 5.74) is 4.58. The van der Waals surface area contributed by atoms with Crippen LogP contribution in [0.25, 0.3) is 0 Å². The van der Waals surface area contributed by atoms with Crippen LogP contribution in [0.3, 0.4) is 0 Å². The van der Waals surface area contributed by atoms with E-state index in [1.54, 1.807) is 7.05 Å². The Kier molecular flexibility index (Phi) is 6.82. The van der Waals surface area contributed by atoms with Crippen molar-refractivity contribution >= 4 is 5.96 Å². The van der Waals surface area contributed by atoms with Crippen LogP contribution < -0.4 is 10.6 Å². The molecule has 1 aliphatic heterocycles. The average Bonchev–Trinajstić information content (AvgIpc) is 2.69. The Morgan fingerprint density at radius 3 is 2.70 bits per heavy atom. The predicted octanol–water partition coefficient (Wildman–Crippen LogP) is 3.53. The Balaban J connectivity index is 1.56. The van der Waals surface area contributed by atoms with Gasteiger partial charge in [-0.25, -0.2) is 0 Å². The number of aliphatic imine (C=N–C) groups is 1. The highest BCUT2D eigenvalue weighted by atomic mass is 16.5. The van der Waals surface area contributed by atoms with Crippen molar-refractivity contribution in [1.29, 1.82) is 0 Å². The second-order valence-corrected chi connectivity index (χ2v) is 7.18. The Morgan fingerprint density at radius 2 is 1.96 bits per heavy atom. The lowest BCUT2D eigenvalue weighted by atomic mass is 9.89. The number of hydrogen-bond donors (Lipinski definition) is 2. The quantitative estimate of drug-likeness (QED) is 0.628. The minimum absolute atomic E-state index is 0.142. The number of hydrogen-bond acceptors (Lipinski definition) is 3. The van der Waals surface area contributed by atoms with Crippen molar-refractivity contribution in [2.24, 2.45) is 10.9 Å². The number of benzene rings is 1. The molecule has 3 rings (SSSR count). The van der Waals surface area contributed by atoms with Gasteiger partial charge in [0.25, 0.3) is 0 Å². The van der Waals surface area contributed by atoms with Crippen molar-refractivity contribution in [3.05, 3.63) is 65.0 Å². The predicted molar refractivity (Wildman–Crippen MR) is 110 cm³/mol. The van der Waals surface area contributed by atoms with E-state index in [2.05, 4.69) is 51.8 Å². The van der Waals surface area contributed by atoms with Gasteiger partial charge in [-0.05, 0) is 44.4 Å². The number of nitrogens with one attached hydrogen (secondary N) is 2. The van der Waals surface area contributed by atoms with Gasteiger partial charge in [-0.15, -0.1) is 0 Å². The molecule has 1 fully saturated rings. The molecular formula is C22H30N4O. The van der Waals surface area contributed by atoms with Crippen LogP contribution in [-0.2, 0) is 11.3 Å². The molecule has 2 heterocycles. The summed E-state index contributed by atoms with van der Waals surface area (Å²) >= 11 is 0. The van der Waals surface area contributed by atoms with E-state index >= 15 is 0 Å². The molecule has 0 spiro atoms. The first-order valence-corrected chi connectivity index (χ1v) is 9.71. The summed E-state index contributed by atoms with van der Waals surface area (Å²) in [5, 5.41) is 6.82. The molecule has 0 amide bonds. The van der Waals surface area contributed by atoms with E-state index in [-0.39, 0.29) is 6.10 Å². The number of pyridine rings is 1. The Morgan fingerprint density at radius 1 is 1.15 bits per heavy atom. The molecule has 144 valence electrons. The second kappa shape index (κ2) is 9.51. The van der Waals surface area contributed by atoms with Crippen LogP contribution in [0.4, 0.5) is 0 Å². The van der Waals surface area contributed by atoms with Crippen molar-refractivity contribution in [1.82, 2.24) is 15.6 Å². The van der Waals surface area contributed by atoms with Gasteiger partial charge in [0.1, 0.15) is 0 Å². The van der Waals surface area contributed by atoms with E-state index in [1.807, 2.05) is 25.1 Å². The lowest BCUT2D eigenvalue weighted by Crippen LogP contribution is -2.41. The molecule has 5 nitrogen and oxygen atoms in total. The molecule has 1 aromatic carbocycles. The molecular weight excluding hydrogens is 336 g/mol. The summed E-state index contributed by atoms with van der Waals surface area (Å²) in [5.74, 6) is 1.23. The SMILES string of the molecule is CN=C(NCc1cccc(C)n1)NCC1CCCOC1c1ccc(C)cc1. The lowest BCUT2D eigenvalue weighted by molar-refractivity contribution is -0.0265. The summed E-state index contributed by atoms with van der Waals surface area (Å²) in [7, 11) is 1.80. The molecule has 2 N–H and O–H groups in total. The zero-order valence-electron chi connectivity index (χ0n) is 16.5. The molecule has 2 aromatic rings. The highest BCUT2D eigenvalue weighted by Crippen LogP contribution is 2.33. The third-order valence-electron chi connectivity index (χ3n) is 4.99. The molecule has 1 aliphatic rings. The molecule has 0 aliphatic carbocycles. The monoisotopic (exact) mass is 366 g/mol. The third-order valence-corrected chi connectivity index (χ3v) is 4.99. The van der Waals surface area contributed by atoms with Crippen molar-refractivity contribution in [2.45, 2.75) is 39.3 Å². The number of rotatable bonds is 5. The molecule has 1 aromatic heterocycles. The molecule has 2 unspecified atom stereocenters. The van der Waals surface area contributed by atoms with Crippen LogP contribution in [0.1, 0.15) is 41.5 Å². The van der Waals surface area contributed by atoms with Crippen LogP contribution in [0.15, 0.2) is 47.5 Å². The highest BCUT2D eigenvalue weighted by molar-refractivity contribution is 5.79. The van der Waals surface area contributed by atoms with Gasteiger partial charge in [0.05, 0.1) is 18.3 Å². The largest absolute Gasteiger partial charge is 0.373 e. The van der Waals surface area contributed by atoms with Gasteiger partial charge in [-0.3, -0.25) is 9.98 Å². The van der Waals surface area contributed by atoms with E-state index in [1.165, 1.54) is 11.1 Å².